The average Bonchev–Trinajstić information content (AvgIpc) is 2.73. The second-order valence-corrected chi connectivity index (χ2v) is 4.79. The highest BCUT2D eigenvalue weighted by molar-refractivity contribution is 5.77. The van der Waals surface area contributed by atoms with Crippen molar-refractivity contribution in [2.24, 2.45) is 0 Å². The van der Waals surface area contributed by atoms with Crippen molar-refractivity contribution in [3.63, 3.8) is 0 Å². The number of carbonyl (C=O) groups is 1. The normalized spacial score (nSPS) is 15.7. The molecule has 114 valence electrons. The maximum absolute atomic E-state index is 11.8. The summed E-state index contributed by atoms with van der Waals surface area (Å²) in [6, 6.07) is 3.09. The fraction of sp³-hybridized carbons (Fsp3) is 0.538. The lowest BCUT2D eigenvalue weighted by molar-refractivity contribution is -0.385. The summed E-state index contributed by atoms with van der Waals surface area (Å²) < 4.78 is 4.86. The Bertz CT molecular complexity index is 505. The van der Waals surface area contributed by atoms with Crippen LogP contribution < -0.4 is 4.90 Å². The zero-order valence-electron chi connectivity index (χ0n) is 11.9. The zero-order valence-corrected chi connectivity index (χ0v) is 11.9. The fourth-order valence-electron chi connectivity index (χ4n) is 2.28. The second-order valence-electron chi connectivity index (χ2n) is 4.79. The smallest absolute Gasteiger partial charge is 0.287 e. The highest BCUT2D eigenvalue weighted by Crippen LogP contribution is 2.17. The zero-order chi connectivity index (χ0) is 15.2. The van der Waals surface area contributed by atoms with Crippen molar-refractivity contribution in [2.45, 2.75) is 6.42 Å². The molecule has 0 bridgehead atoms. The van der Waals surface area contributed by atoms with Gasteiger partial charge in [-0.2, -0.15) is 0 Å². The monoisotopic (exact) mass is 294 g/mol. The van der Waals surface area contributed by atoms with Gasteiger partial charge < -0.3 is 14.5 Å². The van der Waals surface area contributed by atoms with Gasteiger partial charge in [0.1, 0.15) is 18.6 Å². The van der Waals surface area contributed by atoms with Gasteiger partial charge in [-0.1, -0.05) is 0 Å². The molecule has 1 aliphatic heterocycles. The van der Waals surface area contributed by atoms with Gasteiger partial charge >= 0.3 is 0 Å². The third-order valence-corrected chi connectivity index (χ3v) is 3.38. The molecule has 8 heteroatoms. The average molecular weight is 294 g/mol. The molecular weight excluding hydrogens is 276 g/mol. The van der Waals surface area contributed by atoms with Crippen LogP contribution in [-0.2, 0) is 9.53 Å². The number of ether oxygens (including phenoxy) is 1. The Morgan fingerprint density at radius 2 is 2.19 bits per heavy atom. The van der Waals surface area contributed by atoms with Crippen molar-refractivity contribution in [2.75, 3.05) is 44.8 Å². The van der Waals surface area contributed by atoms with E-state index in [1.807, 2.05) is 4.90 Å². The van der Waals surface area contributed by atoms with Gasteiger partial charge in [0, 0.05) is 39.4 Å². The number of hydrogen-bond acceptors (Lipinski definition) is 6. The molecule has 1 amide bonds. The summed E-state index contributed by atoms with van der Waals surface area (Å²) in [6.07, 6.45) is 2.09. The van der Waals surface area contributed by atoms with Gasteiger partial charge in [-0.15, -0.1) is 0 Å². The molecule has 0 unspecified atom stereocenters. The first-order valence-electron chi connectivity index (χ1n) is 6.74. The molecule has 1 aliphatic rings. The van der Waals surface area contributed by atoms with E-state index in [-0.39, 0.29) is 18.2 Å². The summed E-state index contributed by atoms with van der Waals surface area (Å²) in [5, 5.41) is 10.6. The number of carbonyl (C=O) groups excluding carboxylic acids is 1. The van der Waals surface area contributed by atoms with Crippen molar-refractivity contribution in [1.82, 2.24) is 9.88 Å². The van der Waals surface area contributed by atoms with Crippen molar-refractivity contribution in [3.05, 3.63) is 28.4 Å². The highest BCUT2D eigenvalue weighted by atomic mass is 16.6. The minimum atomic E-state index is -0.468. The lowest BCUT2D eigenvalue weighted by Gasteiger charge is -2.22. The topological polar surface area (TPSA) is 88.8 Å². The standard InChI is InChI=1S/C13H18N4O4/c1-21-10-13(18)16-6-2-5-15(7-8-16)12-4-3-11(9-14-12)17(19)20/h3-4,9H,2,5-8,10H2,1H3. The van der Waals surface area contributed by atoms with Gasteiger partial charge in [0.25, 0.3) is 5.69 Å². The quantitative estimate of drug-likeness (QED) is 0.599. The molecule has 21 heavy (non-hydrogen) atoms. The van der Waals surface area contributed by atoms with Gasteiger partial charge in [0.15, 0.2) is 0 Å². The highest BCUT2D eigenvalue weighted by Gasteiger charge is 2.20. The molecule has 0 atom stereocenters. The van der Waals surface area contributed by atoms with Gasteiger partial charge in [0.05, 0.1) is 4.92 Å². The molecule has 8 nitrogen and oxygen atoms in total. The molecule has 0 saturated carbocycles. The summed E-state index contributed by atoms with van der Waals surface area (Å²) in [6.45, 7) is 2.80. The Labute approximate surface area is 122 Å². The van der Waals surface area contributed by atoms with Crippen LogP contribution in [-0.4, -0.2) is 60.6 Å². The first kappa shape index (κ1) is 15.2. The molecule has 0 aromatic carbocycles. The molecule has 1 saturated heterocycles. The van der Waals surface area contributed by atoms with E-state index in [1.165, 1.54) is 19.4 Å². The lowest BCUT2D eigenvalue weighted by atomic mass is 10.3. The van der Waals surface area contributed by atoms with Gasteiger partial charge in [-0.3, -0.25) is 14.9 Å². The van der Waals surface area contributed by atoms with E-state index in [1.54, 1.807) is 11.0 Å². The summed E-state index contributed by atoms with van der Waals surface area (Å²) in [7, 11) is 1.50. The molecule has 2 rings (SSSR count). The van der Waals surface area contributed by atoms with Crippen molar-refractivity contribution < 1.29 is 14.5 Å². The number of methoxy groups -OCH3 is 1. The van der Waals surface area contributed by atoms with Crippen LogP contribution in [0.1, 0.15) is 6.42 Å². The first-order chi connectivity index (χ1) is 10.1. The fourth-order valence-corrected chi connectivity index (χ4v) is 2.28. The van der Waals surface area contributed by atoms with Crippen molar-refractivity contribution >= 4 is 17.4 Å². The molecule has 1 fully saturated rings. The number of pyridine rings is 1. The van der Waals surface area contributed by atoms with E-state index in [2.05, 4.69) is 4.98 Å². The molecule has 1 aromatic rings. The number of nitro groups is 1. The summed E-state index contributed by atoms with van der Waals surface area (Å²) >= 11 is 0. The number of anilines is 1. The maximum atomic E-state index is 11.8. The minimum Gasteiger partial charge on any atom is -0.375 e. The largest absolute Gasteiger partial charge is 0.375 e. The predicted octanol–water partition coefficient (Wildman–Crippen LogP) is 0.675. The molecule has 0 radical (unpaired) electrons. The SMILES string of the molecule is COCC(=O)N1CCCN(c2ccc([N+](=O)[O-])cn2)CC1. The van der Waals surface area contributed by atoms with Crippen LogP contribution >= 0.6 is 0 Å². The molecule has 0 aliphatic carbocycles. The number of hydrogen-bond donors (Lipinski definition) is 0. The Morgan fingerprint density at radius 3 is 2.81 bits per heavy atom. The van der Waals surface area contributed by atoms with E-state index in [0.717, 1.165) is 13.0 Å². The van der Waals surface area contributed by atoms with E-state index in [9.17, 15) is 14.9 Å². The first-order valence-corrected chi connectivity index (χ1v) is 6.74. The van der Waals surface area contributed by atoms with Crippen LogP contribution in [0.25, 0.3) is 0 Å². The Morgan fingerprint density at radius 1 is 1.38 bits per heavy atom. The number of amides is 1. The molecule has 0 N–H and O–H groups in total. The third-order valence-electron chi connectivity index (χ3n) is 3.38. The van der Waals surface area contributed by atoms with E-state index in [4.69, 9.17) is 4.74 Å². The molecule has 1 aromatic heterocycles. The number of aromatic nitrogens is 1. The van der Waals surface area contributed by atoms with Crippen molar-refractivity contribution in [3.8, 4) is 0 Å². The lowest BCUT2D eigenvalue weighted by Crippen LogP contribution is -2.37. The Hall–Kier alpha value is -2.22. The number of rotatable bonds is 4. The molecular formula is C13H18N4O4. The van der Waals surface area contributed by atoms with E-state index < -0.39 is 4.92 Å². The summed E-state index contributed by atoms with van der Waals surface area (Å²) in [4.78, 5) is 29.9. The summed E-state index contributed by atoms with van der Waals surface area (Å²) in [5.41, 5.74) is -0.0227. The minimum absolute atomic E-state index is 0.0176. The van der Waals surface area contributed by atoms with Crippen LogP contribution in [0.3, 0.4) is 0 Å². The second kappa shape index (κ2) is 6.98. The van der Waals surface area contributed by atoms with E-state index in [0.29, 0.717) is 25.5 Å². The van der Waals surface area contributed by atoms with Crippen LogP contribution in [0, 0.1) is 10.1 Å². The van der Waals surface area contributed by atoms with Gasteiger partial charge in [0.2, 0.25) is 5.91 Å². The van der Waals surface area contributed by atoms with Crippen LogP contribution in [0.2, 0.25) is 0 Å². The molecule has 2 heterocycles. The van der Waals surface area contributed by atoms with Crippen LogP contribution in [0.4, 0.5) is 11.5 Å². The Kier molecular flexibility index (Phi) is 5.04. The van der Waals surface area contributed by atoms with E-state index >= 15 is 0 Å². The summed E-state index contributed by atoms with van der Waals surface area (Å²) in [5.74, 6) is 0.678. The Balaban J connectivity index is 1.99. The molecule has 0 spiro atoms. The van der Waals surface area contributed by atoms with Crippen molar-refractivity contribution in [1.29, 1.82) is 0 Å². The maximum Gasteiger partial charge on any atom is 0.287 e. The van der Waals surface area contributed by atoms with Gasteiger partial charge in [-0.05, 0) is 12.5 Å². The third kappa shape index (κ3) is 3.88. The predicted molar refractivity (Wildman–Crippen MR) is 76.2 cm³/mol. The van der Waals surface area contributed by atoms with Gasteiger partial charge in [-0.25, -0.2) is 4.98 Å². The van der Waals surface area contributed by atoms with Crippen LogP contribution in [0.15, 0.2) is 18.3 Å². The number of nitrogens with zero attached hydrogens (tertiary/aromatic N) is 4. The van der Waals surface area contributed by atoms with Crippen LogP contribution in [0.5, 0.6) is 0 Å².